The van der Waals surface area contributed by atoms with E-state index in [2.05, 4.69) is 218 Å². The zero-order valence-corrected chi connectivity index (χ0v) is 35.9. The van der Waals surface area contributed by atoms with Crippen molar-refractivity contribution < 1.29 is 0 Å². The minimum atomic E-state index is 0.252. The molecule has 2 aromatic heterocycles. The largest absolute Gasteiger partial charge is 0.376 e. The fourth-order valence-electron chi connectivity index (χ4n) is 9.22. The molecule has 3 aliphatic rings. The molecule has 0 atom stereocenters. The van der Waals surface area contributed by atoms with E-state index in [1.54, 1.807) is 11.3 Å². The van der Waals surface area contributed by atoms with E-state index in [-0.39, 0.29) is 6.85 Å². The minimum Gasteiger partial charge on any atom is -0.376 e. The Morgan fingerprint density at radius 3 is 1.68 bits per heavy atom. The van der Waals surface area contributed by atoms with Gasteiger partial charge in [-0.1, -0.05) is 146 Å². The number of hydrogen-bond donors (Lipinski definition) is 2. The molecule has 0 unspecified atom stereocenters. The first-order valence-electron chi connectivity index (χ1n) is 20.7. The number of nitrogens with zero attached hydrogens (tertiary/aromatic N) is 1. The Morgan fingerprint density at radius 2 is 1.00 bits per heavy atom. The van der Waals surface area contributed by atoms with Crippen LogP contribution in [0.5, 0.6) is 0 Å². The van der Waals surface area contributed by atoms with E-state index in [1.165, 1.54) is 84.7 Å². The van der Waals surface area contributed by atoms with Crippen LogP contribution < -0.4 is 26.4 Å². The highest BCUT2D eigenvalue weighted by atomic mass is 32.1. The van der Waals surface area contributed by atoms with Crippen molar-refractivity contribution in [2.24, 2.45) is 0 Å². The van der Waals surface area contributed by atoms with Crippen LogP contribution in [-0.4, -0.2) is 17.9 Å². The lowest BCUT2D eigenvalue weighted by atomic mass is 9.44. The van der Waals surface area contributed by atoms with Gasteiger partial charge in [-0.15, -0.1) is 22.7 Å². The van der Waals surface area contributed by atoms with Gasteiger partial charge in [0.05, 0.1) is 10.6 Å². The first-order chi connectivity index (χ1) is 28.8. The van der Waals surface area contributed by atoms with E-state index < -0.39 is 0 Å². The van der Waals surface area contributed by atoms with E-state index in [9.17, 15) is 0 Å². The van der Waals surface area contributed by atoms with Crippen LogP contribution in [-0.2, 0) is 0 Å². The Hall–Kier alpha value is -5.66. The van der Waals surface area contributed by atoms with Crippen molar-refractivity contribution in [3.8, 4) is 43.1 Å². The number of thiophene rings is 2. The van der Waals surface area contributed by atoms with Crippen molar-refractivity contribution in [1.82, 2.24) is 5.32 Å². The van der Waals surface area contributed by atoms with E-state index in [0.717, 1.165) is 11.4 Å². The van der Waals surface area contributed by atoms with Crippen LogP contribution in [0.25, 0.3) is 43.1 Å². The number of benzene rings is 6. The molecule has 6 aromatic carbocycles. The number of piperidine rings is 1. The highest BCUT2D eigenvalue weighted by Crippen LogP contribution is 2.46. The van der Waals surface area contributed by atoms with Gasteiger partial charge >= 0.3 is 6.85 Å². The Bertz CT molecular complexity index is 2670. The summed E-state index contributed by atoms with van der Waals surface area (Å²) >= 11 is 3.61. The number of fused-ring (bicyclic) bond motifs is 11. The molecule has 0 aliphatic carbocycles. The van der Waals surface area contributed by atoms with Crippen LogP contribution in [0.4, 0.5) is 22.7 Å². The predicted molar refractivity (Wildman–Crippen MR) is 259 cm³/mol. The summed E-state index contributed by atoms with van der Waals surface area (Å²) in [5.74, 6) is 0. The van der Waals surface area contributed by atoms with Crippen molar-refractivity contribution in [2.45, 2.75) is 58.0 Å². The second kappa shape index (κ2) is 16.5. The molecule has 3 nitrogen and oxygen atoms in total. The second-order valence-corrected chi connectivity index (χ2v) is 18.7. The van der Waals surface area contributed by atoms with Crippen LogP contribution in [0.2, 0.25) is 0 Å². The number of hydrogen-bond acceptors (Lipinski definition) is 5. The third kappa shape index (κ3) is 8.05. The lowest BCUT2D eigenvalue weighted by molar-refractivity contribution is 0.183. The quantitative estimate of drug-likeness (QED) is 0.174. The van der Waals surface area contributed by atoms with Crippen molar-refractivity contribution >= 4 is 63.2 Å². The Labute approximate surface area is 358 Å². The van der Waals surface area contributed by atoms with Crippen LogP contribution in [0.1, 0.15) is 47.0 Å². The fourth-order valence-corrected chi connectivity index (χ4v) is 11.0. The summed E-state index contributed by atoms with van der Waals surface area (Å²) in [7, 11) is 0. The third-order valence-electron chi connectivity index (χ3n) is 11.6. The molecule has 59 heavy (non-hydrogen) atoms. The molecule has 0 amide bonds. The molecule has 5 heterocycles. The summed E-state index contributed by atoms with van der Waals surface area (Å²) in [5.41, 5.74) is 16.1. The second-order valence-electron chi connectivity index (χ2n) is 16.9. The number of anilines is 4. The molecule has 292 valence electrons. The maximum absolute atomic E-state index is 3.63. The van der Waals surface area contributed by atoms with Crippen LogP contribution in [0, 0.1) is 0 Å². The minimum absolute atomic E-state index is 0.252. The fraction of sp³-hybridized carbons (Fsp3) is 0.170. The standard InChI is InChI=1S/C22H14BNS.C22H17NS.C9H19N/c1-4-10-18-15(7-1)16-8-2-5-11-20(16)24-21-12-6-3-9-17(21)22-19(23(18)24)13-14-25-22;1-3-9-17(10-4-1)19-13-7-8-14-20(19)23-21-15-16-24-22(21)18-11-5-2-6-12-18;1-8(2)6-5-7-9(3,4)10-8/h1-14H;1-16,23H;10H,5-7H2,1-4H3. The molecular formula is C53H50BN3S2. The topological polar surface area (TPSA) is 27.3 Å². The van der Waals surface area contributed by atoms with Crippen LogP contribution >= 0.6 is 22.7 Å². The molecule has 0 radical (unpaired) electrons. The summed E-state index contributed by atoms with van der Waals surface area (Å²) in [6, 6.07) is 60.4. The third-order valence-corrected chi connectivity index (χ3v) is 13.6. The smallest absolute Gasteiger partial charge is 0.330 e. The number of nitrogens with one attached hydrogen (secondary N) is 2. The lowest BCUT2D eigenvalue weighted by Crippen LogP contribution is -2.59. The zero-order chi connectivity index (χ0) is 40.4. The molecule has 6 heteroatoms. The Kier molecular flexibility index (Phi) is 10.9. The first kappa shape index (κ1) is 38.8. The van der Waals surface area contributed by atoms with E-state index in [0.29, 0.717) is 11.1 Å². The maximum atomic E-state index is 3.63. The zero-order valence-electron chi connectivity index (χ0n) is 34.3. The molecule has 8 aromatic rings. The predicted octanol–water partition coefficient (Wildman–Crippen LogP) is 13.8. The molecule has 11 rings (SSSR count). The summed E-state index contributed by atoms with van der Waals surface area (Å²) < 4.78 is 0. The van der Waals surface area contributed by atoms with Gasteiger partial charge in [-0.3, -0.25) is 0 Å². The summed E-state index contributed by atoms with van der Waals surface area (Å²) in [5, 5.41) is 11.6. The molecule has 1 saturated heterocycles. The van der Waals surface area contributed by atoms with Gasteiger partial charge in [-0.25, -0.2) is 0 Å². The SMILES string of the molecule is CC1(C)CCCC(C)(C)N1.c1ccc(-c2ccccc2Nc2ccsc2-c2ccccc2)cc1.c1ccc2c(c1)B1c3ccsc3-c3ccccc3N1c1ccccc1-2. The summed E-state index contributed by atoms with van der Waals surface area (Å²) in [6.45, 7) is 9.39. The highest BCUT2D eigenvalue weighted by Gasteiger charge is 2.42. The van der Waals surface area contributed by atoms with Crippen molar-refractivity contribution in [3.63, 3.8) is 0 Å². The van der Waals surface area contributed by atoms with Gasteiger partial charge in [0.1, 0.15) is 0 Å². The molecule has 3 aliphatic heterocycles. The van der Waals surface area contributed by atoms with Crippen molar-refractivity contribution in [1.29, 1.82) is 0 Å². The first-order valence-corrected chi connectivity index (χ1v) is 22.5. The van der Waals surface area contributed by atoms with Gasteiger partial charge in [0.25, 0.3) is 0 Å². The number of para-hydroxylation sites is 3. The van der Waals surface area contributed by atoms with Gasteiger partial charge in [-0.05, 0) is 110 Å². The average molecular weight is 804 g/mol. The Balaban J connectivity index is 0.000000124. The normalized spacial score (nSPS) is 15.1. The van der Waals surface area contributed by atoms with Gasteiger partial charge in [0.2, 0.25) is 0 Å². The van der Waals surface area contributed by atoms with Crippen LogP contribution in [0.15, 0.2) is 181 Å². The molecule has 0 saturated carbocycles. The monoisotopic (exact) mass is 803 g/mol. The van der Waals surface area contributed by atoms with Crippen molar-refractivity contribution in [2.75, 3.05) is 10.1 Å². The average Bonchev–Trinajstić information content (AvgIpc) is 3.95. The number of rotatable bonds is 4. The van der Waals surface area contributed by atoms with Gasteiger partial charge < -0.3 is 15.4 Å². The molecule has 0 bridgehead atoms. The molecule has 1 fully saturated rings. The summed E-state index contributed by atoms with van der Waals surface area (Å²) in [4.78, 5) is 5.20. The lowest BCUT2D eigenvalue weighted by Gasteiger charge is -2.42. The Morgan fingerprint density at radius 1 is 0.475 bits per heavy atom. The van der Waals surface area contributed by atoms with Gasteiger partial charge in [0, 0.05) is 49.7 Å². The highest BCUT2D eigenvalue weighted by molar-refractivity contribution is 7.17. The molecule has 2 N–H and O–H groups in total. The van der Waals surface area contributed by atoms with Crippen LogP contribution in [0.3, 0.4) is 0 Å². The van der Waals surface area contributed by atoms with Gasteiger partial charge in [-0.2, -0.15) is 0 Å². The van der Waals surface area contributed by atoms with Gasteiger partial charge in [0.15, 0.2) is 0 Å². The summed E-state index contributed by atoms with van der Waals surface area (Å²) in [6.07, 6.45) is 4.00. The van der Waals surface area contributed by atoms with E-state index in [1.807, 2.05) is 17.4 Å². The molecule has 0 spiro atoms. The van der Waals surface area contributed by atoms with Crippen molar-refractivity contribution in [3.05, 3.63) is 181 Å². The maximum Gasteiger partial charge on any atom is 0.330 e. The van der Waals surface area contributed by atoms with E-state index >= 15 is 0 Å². The molecular weight excluding hydrogens is 754 g/mol. The van der Waals surface area contributed by atoms with E-state index in [4.69, 9.17) is 0 Å².